The van der Waals surface area contributed by atoms with Gasteiger partial charge in [-0.3, -0.25) is 0 Å². The van der Waals surface area contributed by atoms with Crippen LogP contribution in [0.2, 0.25) is 0 Å². The SMILES string of the molecule is CC(C)(C)c1ccc(-c2nc3cc4c(cc3s2)N(c2c(-c3ccccc3)cccc2-c2ccccc2)c2cc(C(C)(C)C)cc3c2B4c2cc(C(C)(C)C)ccc2N3c2ccc(C(C)(C)C)cc2)cc1.CC(C)(C)c1ccc(-c2nc3cc4c(cc3s2)N(c2ccc(C(C)(C)C)cc2)c2cc([Si](c3ccccc3)(c3ccccc3)c3ccccc3)cc3c2B4c2cc(C(C)(C)C)ccc2N3c2ccc(C(C)(C)C)cc2)cc1. The molecule has 4 aliphatic heterocycles. The number of fused-ring (bicyclic) bond motifs is 10. The van der Waals surface area contributed by atoms with Gasteiger partial charge in [-0.1, -0.05) is 445 Å². The smallest absolute Gasteiger partial charge is 0.252 e. The van der Waals surface area contributed by atoms with Crippen molar-refractivity contribution < 1.29 is 0 Å². The molecule has 0 amide bonds. The first-order valence-electron chi connectivity index (χ1n) is 52.6. The molecule has 0 atom stereocenters. The van der Waals surface area contributed by atoms with E-state index in [-0.39, 0.29) is 56.7 Å². The van der Waals surface area contributed by atoms with Crippen molar-refractivity contribution in [1.29, 1.82) is 0 Å². The van der Waals surface area contributed by atoms with Crippen molar-refractivity contribution in [3.8, 4) is 43.4 Å². The van der Waals surface area contributed by atoms with E-state index in [9.17, 15) is 0 Å². The molecule has 0 aliphatic carbocycles. The Labute approximate surface area is 882 Å². The fourth-order valence-corrected chi connectivity index (χ4v) is 29.6. The Morgan fingerprint density at radius 2 is 0.483 bits per heavy atom. The topological polar surface area (TPSA) is 38.7 Å². The summed E-state index contributed by atoms with van der Waals surface area (Å²) in [5, 5.41) is 7.45. The van der Waals surface area contributed by atoms with Gasteiger partial charge in [-0.25, -0.2) is 9.97 Å². The van der Waals surface area contributed by atoms with Crippen molar-refractivity contribution in [2.45, 2.75) is 209 Å². The summed E-state index contributed by atoms with van der Waals surface area (Å²) in [4.78, 5) is 21.5. The first-order chi connectivity index (χ1) is 69.9. The Morgan fingerprint density at radius 1 is 0.211 bits per heavy atom. The molecule has 6 nitrogen and oxygen atoms in total. The van der Waals surface area contributed by atoms with Gasteiger partial charge < -0.3 is 19.6 Å². The molecule has 730 valence electrons. The quantitative estimate of drug-likeness (QED) is 0.0897. The van der Waals surface area contributed by atoms with E-state index in [0.29, 0.717) is 0 Å². The minimum Gasteiger partial charge on any atom is -0.311 e. The highest BCUT2D eigenvalue weighted by Crippen LogP contribution is 2.55. The van der Waals surface area contributed by atoms with Crippen LogP contribution in [0.4, 0.5) is 68.2 Å². The second-order valence-electron chi connectivity index (χ2n) is 49.5. The molecular weight excluding hydrogens is 1830 g/mol. The van der Waals surface area contributed by atoms with Crippen molar-refractivity contribution in [2.75, 3.05) is 19.6 Å². The Bertz CT molecular complexity index is 8090. The molecule has 0 saturated carbocycles. The molecule has 0 fully saturated rings. The highest BCUT2D eigenvalue weighted by Gasteiger charge is 2.51. The van der Waals surface area contributed by atoms with Crippen molar-refractivity contribution in [1.82, 2.24) is 9.97 Å². The third-order valence-electron chi connectivity index (χ3n) is 31.2. The molecule has 19 aromatic rings. The van der Waals surface area contributed by atoms with E-state index in [0.717, 1.165) is 49.2 Å². The van der Waals surface area contributed by atoms with E-state index in [1.165, 1.54) is 181 Å². The Kier molecular flexibility index (Phi) is 24.1. The minimum atomic E-state index is -3.11. The van der Waals surface area contributed by atoms with Crippen LogP contribution >= 0.6 is 22.7 Å². The fourth-order valence-electron chi connectivity index (χ4n) is 22.9. The van der Waals surface area contributed by atoms with Crippen LogP contribution in [0.1, 0.15) is 211 Å². The zero-order valence-corrected chi connectivity index (χ0v) is 92.6. The number of aromatic nitrogens is 2. The molecule has 17 aromatic carbocycles. The van der Waals surface area contributed by atoms with Crippen molar-refractivity contribution in [2.24, 2.45) is 0 Å². The molecule has 147 heavy (non-hydrogen) atoms. The Hall–Kier alpha value is -13.9. The average molecular weight is 1970 g/mol. The second-order valence-corrected chi connectivity index (χ2v) is 55.4. The molecular formula is C136H134B2N6S2Si. The van der Waals surface area contributed by atoms with Crippen LogP contribution in [-0.2, 0) is 43.3 Å². The molecule has 0 bridgehead atoms. The van der Waals surface area contributed by atoms with Crippen LogP contribution in [0.15, 0.2) is 376 Å². The largest absolute Gasteiger partial charge is 0.311 e. The summed E-state index contributed by atoms with van der Waals surface area (Å²) >= 11 is 3.59. The second kappa shape index (κ2) is 36.3. The maximum absolute atomic E-state index is 5.53. The molecule has 0 radical (unpaired) electrons. The van der Waals surface area contributed by atoms with Crippen molar-refractivity contribution in [3.63, 3.8) is 0 Å². The fraction of sp³-hybridized carbons (Fsp3) is 0.235. The number of para-hydroxylation sites is 1. The van der Waals surface area contributed by atoms with Crippen LogP contribution in [0.3, 0.4) is 0 Å². The lowest BCUT2D eigenvalue weighted by atomic mass is 9.33. The van der Waals surface area contributed by atoms with Crippen LogP contribution < -0.4 is 73.1 Å². The zero-order chi connectivity index (χ0) is 103. The highest BCUT2D eigenvalue weighted by atomic mass is 32.1. The first-order valence-corrected chi connectivity index (χ1v) is 56.3. The minimum absolute atomic E-state index is 0.000104. The molecule has 0 unspecified atom stereocenters. The van der Waals surface area contributed by atoms with Gasteiger partial charge in [0, 0.05) is 84.8 Å². The number of hydrogen-bond acceptors (Lipinski definition) is 8. The summed E-state index contributed by atoms with van der Waals surface area (Å²) in [6.07, 6.45) is 0. The monoisotopic (exact) mass is 1970 g/mol. The van der Waals surface area contributed by atoms with E-state index in [1.54, 1.807) is 22.7 Å². The highest BCUT2D eigenvalue weighted by molar-refractivity contribution is 7.22. The number of hydrogen-bond donors (Lipinski definition) is 0. The normalized spacial score (nSPS) is 13.6. The Morgan fingerprint density at radius 3 is 0.803 bits per heavy atom. The molecule has 23 rings (SSSR count). The lowest BCUT2D eigenvalue weighted by Gasteiger charge is -2.46. The Balaban J connectivity index is 0.000000168. The third kappa shape index (κ3) is 17.6. The third-order valence-corrected chi connectivity index (χ3v) is 38.1. The number of benzene rings is 17. The van der Waals surface area contributed by atoms with Gasteiger partial charge in [0.1, 0.15) is 10.0 Å². The number of nitrogens with zero attached hydrogens (tertiary/aromatic N) is 6. The summed E-state index contributed by atoms with van der Waals surface area (Å²) in [5.74, 6) is 0. The summed E-state index contributed by atoms with van der Waals surface area (Å²) in [5.41, 5.74) is 41.5. The van der Waals surface area contributed by atoms with Gasteiger partial charge >= 0.3 is 0 Å². The van der Waals surface area contributed by atoms with Gasteiger partial charge in [0.2, 0.25) is 0 Å². The molecule has 0 spiro atoms. The van der Waals surface area contributed by atoms with Crippen LogP contribution in [0.5, 0.6) is 0 Å². The van der Waals surface area contributed by atoms with Gasteiger partial charge in [0.05, 0.1) is 26.1 Å². The standard InChI is InChI=1S/C71H70BN3SSi.C65H64BN3S/c1-68(2,3)48-30-28-47(29-31-48)67-73-60-45-59-62(46-65(60)76-67)75(53-39-34-50(35-40-53)70(7,8)9)64-44-57(77(54-22-16-13-17-23-54,55-24-18-14-19-25-55)56-26-20-15-21-27-56)43-63-66(64)72(59)58-42-51(71(10,11)12)36-41-61(58)74(63)52-37-32-49(33-38-52)69(4,5)6;1-62(2,3)44-28-26-43(27-29-44)61-67-53-39-52-55(40-58(53)70-61)69(60-49(41-20-15-13-16-21-41)24-19-25-50(60)42-22-17-14-18-23-42)57-38-47(65(10,11)12)37-56-59(57)66(52)51-36-46(64(7,8)9)32-35-54(51)68(56)48-33-30-45(31-34-48)63(4,5)6/h13-46H,1-12H3;13-40H,1-12H3. The predicted molar refractivity (Wildman–Crippen MR) is 642 cm³/mol. The maximum Gasteiger partial charge on any atom is 0.252 e. The summed E-state index contributed by atoms with van der Waals surface area (Å²) in [6, 6.07) is 144. The van der Waals surface area contributed by atoms with Crippen LogP contribution in [0.25, 0.3) is 63.8 Å². The lowest BCUT2D eigenvalue weighted by molar-refractivity contribution is 0.589. The molecule has 0 saturated heterocycles. The lowest BCUT2D eigenvalue weighted by Crippen LogP contribution is -2.75. The molecule has 4 aliphatic rings. The van der Waals surface area contributed by atoms with E-state index >= 15 is 0 Å². The molecule has 0 N–H and O–H groups in total. The first kappa shape index (κ1) is 97.8. The van der Waals surface area contributed by atoms with E-state index in [2.05, 4.69) is 562 Å². The van der Waals surface area contributed by atoms with Crippen molar-refractivity contribution >= 4 is 186 Å². The van der Waals surface area contributed by atoms with Gasteiger partial charge in [-0.2, -0.15) is 0 Å². The molecule has 6 heterocycles. The summed E-state index contributed by atoms with van der Waals surface area (Å²) in [6.45, 7) is 55.4. The molecule has 2 aromatic heterocycles. The van der Waals surface area contributed by atoms with Gasteiger partial charge in [0.15, 0.2) is 8.07 Å². The van der Waals surface area contributed by atoms with Gasteiger partial charge in [-0.05, 0) is 250 Å². The van der Waals surface area contributed by atoms with E-state index < -0.39 is 8.07 Å². The average Bonchev–Trinajstić information content (AvgIpc) is 1.38. The number of anilines is 12. The number of rotatable bonds is 12. The summed E-state index contributed by atoms with van der Waals surface area (Å²) in [7, 11) is -3.11. The van der Waals surface area contributed by atoms with Gasteiger partial charge in [0.25, 0.3) is 13.4 Å². The number of thiazole rings is 2. The van der Waals surface area contributed by atoms with E-state index in [4.69, 9.17) is 9.97 Å². The van der Waals surface area contributed by atoms with Crippen molar-refractivity contribution in [3.05, 3.63) is 421 Å². The van der Waals surface area contributed by atoms with Gasteiger partial charge in [-0.15, -0.1) is 22.7 Å². The molecule has 11 heteroatoms. The van der Waals surface area contributed by atoms with E-state index in [1.807, 2.05) is 0 Å². The van der Waals surface area contributed by atoms with Crippen LogP contribution in [-0.4, -0.2) is 31.5 Å². The van der Waals surface area contributed by atoms with Crippen LogP contribution in [0, 0.1) is 0 Å². The summed E-state index contributed by atoms with van der Waals surface area (Å²) < 4.78 is 2.35. The zero-order valence-electron chi connectivity index (χ0n) is 90.0. The maximum atomic E-state index is 5.53. The predicted octanol–water partition coefficient (Wildman–Crippen LogP) is 31.2.